The number of rotatable bonds is 2. The van der Waals surface area contributed by atoms with Crippen LogP contribution in [-0.2, 0) is 11.2 Å². The van der Waals surface area contributed by atoms with Gasteiger partial charge in [0, 0.05) is 10.9 Å². The van der Waals surface area contributed by atoms with Gasteiger partial charge >= 0.3 is 11.6 Å². The predicted octanol–water partition coefficient (Wildman–Crippen LogP) is 1.00. The number of hydrogen-bond donors (Lipinski definition) is 2. The number of hydrogen-bond acceptors (Lipinski definition) is 4. The minimum atomic E-state index is -1.04. The van der Waals surface area contributed by atoms with Crippen LogP contribution >= 0.6 is 0 Å². The molecule has 2 aromatic rings. The molecule has 0 aliphatic carbocycles. The molecule has 0 aliphatic heterocycles. The fourth-order valence-electron chi connectivity index (χ4n) is 1.57. The summed E-state index contributed by atoms with van der Waals surface area (Å²) in [6.45, 7) is 0. The van der Waals surface area contributed by atoms with Crippen molar-refractivity contribution in [3.63, 3.8) is 0 Å². The van der Waals surface area contributed by atoms with Gasteiger partial charge in [0.1, 0.15) is 11.3 Å². The molecule has 0 fully saturated rings. The quantitative estimate of drug-likeness (QED) is 0.735. The molecule has 0 atom stereocenters. The molecule has 3 N–H and O–H groups in total. The Labute approximate surface area is 90.1 Å². The van der Waals surface area contributed by atoms with Crippen molar-refractivity contribution in [2.24, 2.45) is 0 Å². The maximum Gasteiger partial charge on any atom is 0.359 e. The van der Waals surface area contributed by atoms with E-state index in [1.165, 1.54) is 0 Å². The molecule has 0 saturated carbocycles. The number of nitrogen functional groups attached to an aromatic ring is 1. The largest absolute Gasteiger partial charge is 0.481 e. The first-order chi connectivity index (χ1) is 7.59. The lowest BCUT2D eigenvalue weighted by Gasteiger charge is -2.05. The molecule has 0 bridgehead atoms. The number of carboxylic acid groups (broad SMARTS) is 1. The topological polar surface area (TPSA) is 93.5 Å². The average molecular weight is 219 g/mol. The maximum absolute atomic E-state index is 11.4. The average Bonchev–Trinajstić information content (AvgIpc) is 2.24. The van der Waals surface area contributed by atoms with Gasteiger partial charge in [-0.25, -0.2) is 4.79 Å². The lowest BCUT2D eigenvalue weighted by Crippen LogP contribution is -2.13. The Bertz CT molecular complexity index is 615. The highest BCUT2D eigenvalue weighted by Gasteiger charge is 2.13. The highest BCUT2D eigenvalue weighted by atomic mass is 16.4. The van der Waals surface area contributed by atoms with Crippen molar-refractivity contribution < 1.29 is 14.3 Å². The summed E-state index contributed by atoms with van der Waals surface area (Å²) < 4.78 is 4.94. The molecule has 2 rings (SSSR count). The zero-order valence-electron chi connectivity index (χ0n) is 8.27. The molecule has 0 radical (unpaired) electrons. The van der Waals surface area contributed by atoms with E-state index in [9.17, 15) is 9.59 Å². The van der Waals surface area contributed by atoms with Gasteiger partial charge in [-0.15, -0.1) is 0 Å². The number of aliphatic carboxylic acids is 1. The van der Waals surface area contributed by atoms with E-state index in [0.29, 0.717) is 16.5 Å². The van der Waals surface area contributed by atoms with Crippen molar-refractivity contribution in [2.45, 2.75) is 6.42 Å². The molecule has 1 aromatic carbocycles. The Kier molecular flexibility index (Phi) is 2.36. The predicted molar refractivity (Wildman–Crippen MR) is 58.2 cm³/mol. The summed E-state index contributed by atoms with van der Waals surface area (Å²) in [5.41, 5.74) is 5.34. The Balaban J connectivity index is 2.81. The van der Waals surface area contributed by atoms with Crippen molar-refractivity contribution in [3.05, 3.63) is 40.2 Å². The fraction of sp³-hybridized carbons (Fsp3) is 0.0909. The molecule has 0 spiro atoms. The van der Waals surface area contributed by atoms with E-state index in [-0.39, 0.29) is 12.1 Å². The van der Waals surface area contributed by atoms with E-state index in [1.54, 1.807) is 24.3 Å². The summed E-state index contributed by atoms with van der Waals surface area (Å²) in [6, 6.07) is 6.70. The van der Waals surface area contributed by atoms with Gasteiger partial charge in [0.25, 0.3) is 0 Å². The van der Waals surface area contributed by atoms with Crippen molar-refractivity contribution in [3.8, 4) is 0 Å². The number of carbonyl (C=O) groups is 1. The standard InChI is InChI=1S/C11H9NO4/c12-10-7(5-9(13)14)6-3-1-2-4-8(6)16-11(10)15/h1-4H,5,12H2,(H,13,14). The van der Waals surface area contributed by atoms with Gasteiger partial charge in [0.2, 0.25) is 0 Å². The molecule has 0 unspecified atom stereocenters. The number of nitrogens with two attached hydrogens (primary N) is 1. The number of benzene rings is 1. The van der Waals surface area contributed by atoms with Crippen LogP contribution in [0.3, 0.4) is 0 Å². The first-order valence-corrected chi connectivity index (χ1v) is 4.61. The van der Waals surface area contributed by atoms with Crippen LogP contribution in [0.2, 0.25) is 0 Å². The summed E-state index contributed by atoms with van der Waals surface area (Å²) >= 11 is 0. The second-order valence-corrected chi connectivity index (χ2v) is 3.35. The van der Waals surface area contributed by atoms with Crippen molar-refractivity contribution in [1.29, 1.82) is 0 Å². The Hall–Kier alpha value is -2.30. The third kappa shape index (κ3) is 1.63. The molecule has 1 aromatic heterocycles. The van der Waals surface area contributed by atoms with E-state index in [2.05, 4.69) is 0 Å². The summed E-state index contributed by atoms with van der Waals surface area (Å²) in [5, 5.41) is 9.31. The number of fused-ring (bicyclic) bond motifs is 1. The third-order valence-electron chi connectivity index (χ3n) is 2.29. The monoisotopic (exact) mass is 219 g/mol. The summed E-state index contributed by atoms with van der Waals surface area (Å²) in [6.07, 6.45) is -0.294. The van der Waals surface area contributed by atoms with Crippen molar-refractivity contribution in [1.82, 2.24) is 0 Å². The maximum atomic E-state index is 11.4. The lowest BCUT2D eigenvalue weighted by molar-refractivity contribution is -0.136. The third-order valence-corrected chi connectivity index (χ3v) is 2.29. The summed E-state index contributed by atoms with van der Waals surface area (Å²) in [7, 11) is 0. The summed E-state index contributed by atoms with van der Waals surface area (Å²) in [5.74, 6) is -1.04. The molecule has 0 aliphatic rings. The molecule has 16 heavy (non-hydrogen) atoms. The number of carboxylic acids is 1. The van der Waals surface area contributed by atoms with Crippen LogP contribution in [0.1, 0.15) is 5.56 Å². The number of para-hydroxylation sites is 1. The van der Waals surface area contributed by atoms with Gasteiger partial charge in [0.15, 0.2) is 0 Å². The zero-order valence-corrected chi connectivity index (χ0v) is 8.27. The minimum absolute atomic E-state index is 0.138. The van der Waals surface area contributed by atoms with Crippen LogP contribution in [0.25, 0.3) is 11.0 Å². The van der Waals surface area contributed by atoms with Gasteiger partial charge in [-0.3, -0.25) is 4.79 Å². The van der Waals surface area contributed by atoms with Gasteiger partial charge in [-0.1, -0.05) is 18.2 Å². The van der Waals surface area contributed by atoms with Crippen LogP contribution in [0.4, 0.5) is 5.69 Å². The molecule has 5 nitrogen and oxygen atoms in total. The van der Waals surface area contributed by atoms with E-state index in [4.69, 9.17) is 15.3 Å². The Morgan fingerprint density at radius 2 is 2.06 bits per heavy atom. The van der Waals surface area contributed by atoms with Gasteiger partial charge in [-0.05, 0) is 6.07 Å². The van der Waals surface area contributed by atoms with E-state index < -0.39 is 11.6 Å². The van der Waals surface area contributed by atoms with Crippen molar-refractivity contribution >= 4 is 22.6 Å². The highest BCUT2D eigenvalue weighted by molar-refractivity contribution is 5.88. The molecule has 5 heteroatoms. The molecule has 0 saturated heterocycles. The molecule has 0 amide bonds. The Morgan fingerprint density at radius 3 is 2.75 bits per heavy atom. The second-order valence-electron chi connectivity index (χ2n) is 3.35. The van der Waals surface area contributed by atoms with Gasteiger partial charge < -0.3 is 15.3 Å². The van der Waals surface area contributed by atoms with Gasteiger partial charge in [-0.2, -0.15) is 0 Å². The van der Waals surface area contributed by atoms with E-state index in [1.807, 2.05) is 0 Å². The summed E-state index contributed by atoms with van der Waals surface area (Å²) in [4.78, 5) is 22.0. The smallest absolute Gasteiger partial charge is 0.359 e. The molecule has 1 heterocycles. The van der Waals surface area contributed by atoms with Crippen LogP contribution in [-0.4, -0.2) is 11.1 Å². The van der Waals surface area contributed by atoms with Crippen LogP contribution < -0.4 is 11.4 Å². The highest BCUT2D eigenvalue weighted by Crippen LogP contribution is 2.21. The second kappa shape index (κ2) is 3.69. The van der Waals surface area contributed by atoms with Crippen LogP contribution in [0, 0.1) is 0 Å². The normalized spacial score (nSPS) is 10.5. The lowest BCUT2D eigenvalue weighted by atomic mass is 10.1. The zero-order chi connectivity index (χ0) is 11.7. The SMILES string of the molecule is Nc1c(CC(=O)O)c2ccccc2oc1=O. The minimum Gasteiger partial charge on any atom is -0.481 e. The van der Waals surface area contributed by atoms with Gasteiger partial charge in [0.05, 0.1) is 6.42 Å². The first-order valence-electron chi connectivity index (χ1n) is 4.61. The van der Waals surface area contributed by atoms with E-state index >= 15 is 0 Å². The molecule has 82 valence electrons. The molecular formula is C11H9NO4. The van der Waals surface area contributed by atoms with Crippen molar-refractivity contribution in [2.75, 3.05) is 5.73 Å². The fourth-order valence-corrected chi connectivity index (χ4v) is 1.57. The molecular weight excluding hydrogens is 210 g/mol. The van der Waals surface area contributed by atoms with Crippen LogP contribution in [0.5, 0.6) is 0 Å². The Morgan fingerprint density at radius 1 is 1.38 bits per heavy atom. The van der Waals surface area contributed by atoms with E-state index in [0.717, 1.165) is 0 Å². The van der Waals surface area contributed by atoms with Crippen LogP contribution in [0.15, 0.2) is 33.5 Å². The number of anilines is 1. The first kappa shape index (κ1) is 10.2.